The lowest BCUT2D eigenvalue weighted by Gasteiger charge is -2.09. The summed E-state index contributed by atoms with van der Waals surface area (Å²) in [7, 11) is 1.27. The number of nitrogens with one attached hydrogen (secondary N) is 1. The number of methoxy groups -OCH3 is 1. The number of anilines is 1. The summed E-state index contributed by atoms with van der Waals surface area (Å²) >= 11 is 11.7. The number of esters is 1. The summed E-state index contributed by atoms with van der Waals surface area (Å²) in [6, 6.07) is 8.06. The van der Waals surface area contributed by atoms with Gasteiger partial charge in [0, 0.05) is 11.1 Å². The van der Waals surface area contributed by atoms with Gasteiger partial charge < -0.3 is 14.8 Å². The van der Waals surface area contributed by atoms with E-state index in [1.54, 1.807) is 6.07 Å². The van der Waals surface area contributed by atoms with E-state index in [4.69, 9.17) is 32.7 Å². The lowest BCUT2D eigenvalue weighted by atomic mass is 10.2. The predicted octanol–water partition coefficient (Wildman–Crippen LogP) is 3.71. The van der Waals surface area contributed by atoms with Gasteiger partial charge in [0.2, 0.25) is 0 Å². The molecule has 10 heteroatoms. The van der Waals surface area contributed by atoms with E-state index in [9.17, 15) is 19.7 Å². The smallest absolute Gasteiger partial charge is 0.338 e. The molecule has 2 aromatic carbocycles. The molecule has 2 rings (SSSR count). The van der Waals surface area contributed by atoms with Gasteiger partial charge in [-0.25, -0.2) is 4.79 Å². The molecule has 0 spiro atoms. The quantitative estimate of drug-likeness (QED) is 0.451. The third-order valence-electron chi connectivity index (χ3n) is 3.15. The van der Waals surface area contributed by atoms with Crippen LogP contribution in [0.4, 0.5) is 11.4 Å². The van der Waals surface area contributed by atoms with Gasteiger partial charge in [0.05, 0.1) is 28.3 Å². The molecule has 0 fully saturated rings. The highest BCUT2D eigenvalue weighted by atomic mass is 35.5. The summed E-state index contributed by atoms with van der Waals surface area (Å²) in [5.74, 6) is -1.55. The molecule has 8 nitrogen and oxygen atoms in total. The van der Waals surface area contributed by atoms with Gasteiger partial charge in [-0.15, -0.1) is 0 Å². The zero-order valence-corrected chi connectivity index (χ0v) is 14.8. The SMILES string of the molecule is COc1ccc(C(=O)OCC(=O)Nc2cc(Cl)ccc2Cl)cc1[N+](=O)[O-]. The predicted molar refractivity (Wildman–Crippen MR) is 95.0 cm³/mol. The lowest BCUT2D eigenvalue weighted by Crippen LogP contribution is -2.21. The van der Waals surface area contributed by atoms with Gasteiger partial charge in [-0.1, -0.05) is 23.2 Å². The molecule has 0 aliphatic rings. The first-order chi connectivity index (χ1) is 12.3. The second-order valence-corrected chi connectivity index (χ2v) is 5.74. The average molecular weight is 399 g/mol. The molecule has 0 atom stereocenters. The van der Waals surface area contributed by atoms with Crippen molar-refractivity contribution >= 4 is 46.5 Å². The van der Waals surface area contributed by atoms with Crippen molar-refractivity contribution < 1.29 is 24.0 Å². The van der Waals surface area contributed by atoms with E-state index in [2.05, 4.69) is 5.32 Å². The van der Waals surface area contributed by atoms with Gasteiger partial charge in [-0.3, -0.25) is 14.9 Å². The van der Waals surface area contributed by atoms with Crippen LogP contribution in [0.2, 0.25) is 10.0 Å². The van der Waals surface area contributed by atoms with E-state index in [0.717, 1.165) is 6.07 Å². The number of nitro groups is 1. The van der Waals surface area contributed by atoms with Crippen molar-refractivity contribution in [3.63, 3.8) is 0 Å². The molecule has 2 aromatic rings. The van der Waals surface area contributed by atoms with Crippen molar-refractivity contribution in [1.82, 2.24) is 0 Å². The van der Waals surface area contributed by atoms with Gasteiger partial charge in [-0.2, -0.15) is 0 Å². The summed E-state index contributed by atoms with van der Waals surface area (Å²) < 4.78 is 9.70. The largest absolute Gasteiger partial charge is 0.490 e. The maximum absolute atomic E-state index is 12.0. The Balaban J connectivity index is 2.02. The topological polar surface area (TPSA) is 108 Å². The minimum atomic E-state index is -0.900. The third kappa shape index (κ3) is 4.84. The number of carbonyl (C=O) groups excluding carboxylic acids is 2. The molecular formula is C16H12Cl2N2O6. The van der Waals surface area contributed by atoms with E-state index in [1.165, 1.54) is 31.4 Å². The van der Waals surface area contributed by atoms with E-state index in [1.807, 2.05) is 0 Å². The number of amides is 1. The third-order valence-corrected chi connectivity index (χ3v) is 3.71. The van der Waals surface area contributed by atoms with Crippen LogP contribution in [0.25, 0.3) is 0 Å². The number of benzene rings is 2. The molecule has 136 valence electrons. The highest BCUT2D eigenvalue weighted by molar-refractivity contribution is 6.35. The molecule has 0 saturated heterocycles. The Morgan fingerprint density at radius 2 is 1.92 bits per heavy atom. The Hall–Kier alpha value is -2.84. The maximum atomic E-state index is 12.0. The fourth-order valence-corrected chi connectivity index (χ4v) is 2.29. The number of halogens is 2. The van der Waals surface area contributed by atoms with Crippen LogP contribution in [0.1, 0.15) is 10.4 Å². The van der Waals surface area contributed by atoms with E-state index in [0.29, 0.717) is 5.02 Å². The number of hydrogen-bond donors (Lipinski definition) is 1. The zero-order chi connectivity index (χ0) is 19.3. The number of nitrogens with zero attached hydrogens (tertiary/aromatic N) is 1. The highest BCUT2D eigenvalue weighted by Crippen LogP contribution is 2.28. The molecule has 0 unspecified atom stereocenters. The summed E-state index contributed by atoms with van der Waals surface area (Å²) in [6.45, 7) is -0.610. The van der Waals surface area contributed by atoms with Crippen LogP contribution in [0.15, 0.2) is 36.4 Å². The summed E-state index contributed by atoms with van der Waals surface area (Å²) in [5.41, 5.74) is -0.219. The molecule has 0 aromatic heterocycles. The fourth-order valence-electron chi connectivity index (χ4n) is 1.95. The van der Waals surface area contributed by atoms with Crippen LogP contribution in [0.3, 0.4) is 0 Å². The molecule has 0 saturated carbocycles. The van der Waals surface area contributed by atoms with E-state index in [-0.39, 0.29) is 22.0 Å². The van der Waals surface area contributed by atoms with Crippen molar-refractivity contribution in [2.45, 2.75) is 0 Å². The summed E-state index contributed by atoms with van der Waals surface area (Å²) in [4.78, 5) is 34.1. The summed E-state index contributed by atoms with van der Waals surface area (Å²) in [5, 5.41) is 14.0. The Morgan fingerprint density at radius 1 is 1.19 bits per heavy atom. The van der Waals surface area contributed by atoms with Crippen LogP contribution in [0.5, 0.6) is 5.75 Å². The van der Waals surface area contributed by atoms with E-state index < -0.39 is 29.1 Å². The van der Waals surface area contributed by atoms with Crippen molar-refractivity contribution in [1.29, 1.82) is 0 Å². The summed E-state index contributed by atoms with van der Waals surface area (Å²) in [6.07, 6.45) is 0. The van der Waals surface area contributed by atoms with Gasteiger partial charge in [0.25, 0.3) is 5.91 Å². The van der Waals surface area contributed by atoms with Crippen molar-refractivity contribution in [3.05, 3.63) is 62.1 Å². The maximum Gasteiger partial charge on any atom is 0.338 e. The molecule has 0 radical (unpaired) electrons. The number of carbonyl (C=O) groups is 2. The minimum absolute atomic E-state index is 0.000101. The van der Waals surface area contributed by atoms with Crippen LogP contribution in [-0.4, -0.2) is 30.5 Å². The lowest BCUT2D eigenvalue weighted by molar-refractivity contribution is -0.385. The standard InChI is InChI=1S/C16H12Cl2N2O6/c1-25-14-5-2-9(6-13(14)20(23)24)16(22)26-8-15(21)19-12-7-10(17)3-4-11(12)18/h2-7H,8H2,1H3,(H,19,21). The van der Waals surface area contributed by atoms with Crippen molar-refractivity contribution in [2.24, 2.45) is 0 Å². The number of ether oxygens (including phenoxy) is 2. The Bertz CT molecular complexity index is 872. The first kappa shape index (κ1) is 19.5. The van der Waals surface area contributed by atoms with Crippen molar-refractivity contribution in [3.8, 4) is 5.75 Å². The van der Waals surface area contributed by atoms with Crippen LogP contribution >= 0.6 is 23.2 Å². The second-order valence-electron chi connectivity index (χ2n) is 4.89. The van der Waals surface area contributed by atoms with Crippen LogP contribution < -0.4 is 10.1 Å². The fraction of sp³-hybridized carbons (Fsp3) is 0.125. The van der Waals surface area contributed by atoms with Gasteiger partial charge in [0.15, 0.2) is 12.4 Å². The first-order valence-electron chi connectivity index (χ1n) is 7.06. The second kappa shape index (κ2) is 8.50. The first-order valence-corrected chi connectivity index (χ1v) is 7.82. The number of nitro benzene ring substituents is 1. The number of hydrogen-bond acceptors (Lipinski definition) is 6. The Labute approximate surface area is 157 Å². The number of rotatable bonds is 6. The molecule has 0 aliphatic carbocycles. The normalized spacial score (nSPS) is 10.1. The Morgan fingerprint density at radius 3 is 2.58 bits per heavy atom. The molecule has 1 amide bonds. The molecule has 0 aliphatic heterocycles. The van der Waals surface area contributed by atoms with E-state index >= 15 is 0 Å². The van der Waals surface area contributed by atoms with Crippen LogP contribution in [0, 0.1) is 10.1 Å². The minimum Gasteiger partial charge on any atom is -0.490 e. The molecule has 0 heterocycles. The molecule has 0 bridgehead atoms. The molecule has 26 heavy (non-hydrogen) atoms. The zero-order valence-electron chi connectivity index (χ0n) is 13.3. The molecular weight excluding hydrogens is 387 g/mol. The van der Waals surface area contributed by atoms with Crippen molar-refractivity contribution in [2.75, 3.05) is 19.0 Å². The monoisotopic (exact) mass is 398 g/mol. The van der Waals surface area contributed by atoms with Gasteiger partial charge in [0.1, 0.15) is 0 Å². The van der Waals surface area contributed by atoms with Gasteiger partial charge in [-0.05, 0) is 30.3 Å². The average Bonchev–Trinajstić information content (AvgIpc) is 2.62. The highest BCUT2D eigenvalue weighted by Gasteiger charge is 2.19. The van der Waals surface area contributed by atoms with Crippen LogP contribution in [-0.2, 0) is 9.53 Å². The van der Waals surface area contributed by atoms with Gasteiger partial charge >= 0.3 is 11.7 Å². The molecule has 1 N–H and O–H groups in total. The Kier molecular flexibility index (Phi) is 6.37.